The summed E-state index contributed by atoms with van der Waals surface area (Å²) >= 11 is 0. The number of allylic oxidation sites excluding steroid dienone is 2. The van der Waals surface area contributed by atoms with Crippen molar-refractivity contribution in [3.63, 3.8) is 0 Å². The molecule has 0 spiro atoms. The van der Waals surface area contributed by atoms with Gasteiger partial charge in [0.15, 0.2) is 0 Å². The van der Waals surface area contributed by atoms with E-state index in [-0.39, 0.29) is 0 Å². The molecule has 0 aliphatic rings. The van der Waals surface area contributed by atoms with Crippen molar-refractivity contribution in [1.29, 1.82) is 0 Å². The van der Waals surface area contributed by atoms with Gasteiger partial charge in [-0.05, 0) is 25.0 Å². The molecule has 0 fully saturated rings. The lowest BCUT2D eigenvalue weighted by Crippen LogP contribution is -1.63. The normalized spacial score (nSPS) is 11.5. The maximum atomic E-state index is 8.10. The van der Waals surface area contributed by atoms with Gasteiger partial charge in [-0.25, -0.2) is 0 Å². The lowest BCUT2D eigenvalue weighted by Gasteiger charge is -1.80. The third-order valence-electron chi connectivity index (χ3n) is 0.711. The monoisotopic (exact) mass is 114 g/mol. The van der Waals surface area contributed by atoms with Gasteiger partial charge in [0.25, 0.3) is 0 Å². The fourth-order valence-corrected chi connectivity index (χ4v) is 0.342. The van der Waals surface area contributed by atoms with Crippen LogP contribution in [0.4, 0.5) is 0 Å². The predicted octanol–water partition coefficient (Wildman–Crippen LogP) is 1.91. The molecule has 0 saturated carbocycles. The summed E-state index contributed by atoms with van der Waals surface area (Å²) in [4.78, 5) is 0. The van der Waals surface area contributed by atoms with Crippen LogP contribution in [0.15, 0.2) is 24.7 Å². The Balaban J connectivity index is 2.93. The number of rotatable bonds is 3. The Morgan fingerprint density at radius 2 is 1.25 bits per heavy atom. The fraction of sp³-hybridized carbons (Fsp3) is 0.333. The largest absolute Gasteiger partial charge is 0.516 e. The topological polar surface area (TPSA) is 40.5 Å². The van der Waals surface area contributed by atoms with E-state index in [4.69, 9.17) is 10.2 Å². The summed E-state index contributed by atoms with van der Waals surface area (Å²) < 4.78 is 0. The number of hydrogen-bond donors (Lipinski definition) is 2. The van der Waals surface area contributed by atoms with Gasteiger partial charge in [-0.2, -0.15) is 0 Å². The molecule has 0 aliphatic heterocycles. The van der Waals surface area contributed by atoms with Crippen molar-refractivity contribution in [3.8, 4) is 0 Å². The van der Waals surface area contributed by atoms with Gasteiger partial charge < -0.3 is 10.2 Å². The van der Waals surface area contributed by atoms with Gasteiger partial charge in [0.05, 0.1) is 12.5 Å². The molecule has 2 nitrogen and oxygen atoms in total. The zero-order valence-corrected chi connectivity index (χ0v) is 4.62. The molecular formula is C6H10O2. The van der Waals surface area contributed by atoms with Crippen molar-refractivity contribution in [2.24, 2.45) is 0 Å². The summed E-state index contributed by atoms with van der Waals surface area (Å²) in [6.45, 7) is 0. The Labute approximate surface area is 48.8 Å². The average molecular weight is 114 g/mol. The molecule has 0 bridgehead atoms. The molecule has 0 aromatic rings. The second-order valence-corrected chi connectivity index (χ2v) is 1.35. The molecule has 0 heterocycles. The number of unbranched alkanes of at least 4 members (excludes halogenated alkanes) is 1. The highest BCUT2D eigenvalue weighted by Gasteiger charge is 1.72. The second-order valence-electron chi connectivity index (χ2n) is 1.35. The summed E-state index contributed by atoms with van der Waals surface area (Å²) in [6, 6.07) is 0. The number of aliphatic hydroxyl groups is 2. The molecule has 0 saturated heterocycles. The maximum Gasteiger partial charge on any atom is 0.0751 e. The molecule has 0 aromatic heterocycles. The molecule has 8 heavy (non-hydrogen) atoms. The van der Waals surface area contributed by atoms with E-state index in [9.17, 15) is 0 Å². The van der Waals surface area contributed by atoms with Crippen molar-refractivity contribution >= 4 is 0 Å². The summed E-state index contributed by atoms with van der Waals surface area (Å²) in [5.74, 6) is 0. The van der Waals surface area contributed by atoms with Gasteiger partial charge >= 0.3 is 0 Å². The van der Waals surface area contributed by atoms with Crippen LogP contribution in [0.2, 0.25) is 0 Å². The quantitative estimate of drug-likeness (QED) is 0.434. The zero-order valence-electron chi connectivity index (χ0n) is 4.62. The van der Waals surface area contributed by atoms with Crippen molar-refractivity contribution in [2.75, 3.05) is 0 Å². The van der Waals surface area contributed by atoms with Crippen LogP contribution < -0.4 is 0 Å². The van der Waals surface area contributed by atoms with E-state index in [0.717, 1.165) is 25.4 Å². The molecule has 0 radical (unpaired) electrons. The highest BCUT2D eigenvalue weighted by molar-refractivity contribution is 4.79. The Morgan fingerprint density at radius 1 is 0.875 bits per heavy atom. The lowest BCUT2D eigenvalue weighted by atomic mass is 10.3. The molecule has 2 heteroatoms. The van der Waals surface area contributed by atoms with E-state index >= 15 is 0 Å². The minimum Gasteiger partial charge on any atom is -0.516 e. The molecule has 46 valence electrons. The molecule has 0 aromatic carbocycles. The van der Waals surface area contributed by atoms with Crippen LogP contribution in [0.25, 0.3) is 0 Å². The lowest BCUT2D eigenvalue weighted by molar-refractivity contribution is 0.467. The van der Waals surface area contributed by atoms with Crippen molar-refractivity contribution in [3.05, 3.63) is 24.7 Å². The zero-order chi connectivity index (χ0) is 6.24. The Hall–Kier alpha value is -0.920. The molecule has 0 atom stereocenters. The first-order valence-electron chi connectivity index (χ1n) is 2.50. The van der Waals surface area contributed by atoms with Gasteiger partial charge in [-0.15, -0.1) is 0 Å². The molecule has 2 N–H and O–H groups in total. The third-order valence-corrected chi connectivity index (χ3v) is 0.711. The van der Waals surface area contributed by atoms with Crippen LogP contribution in [0.5, 0.6) is 0 Å². The van der Waals surface area contributed by atoms with E-state index in [1.165, 1.54) is 0 Å². The smallest absolute Gasteiger partial charge is 0.0751 e. The Morgan fingerprint density at radius 3 is 1.50 bits per heavy atom. The van der Waals surface area contributed by atoms with E-state index in [0.29, 0.717) is 0 Å². The minimum absolute atomic E-state index is 0.771. The third kappa shape index (κ3) is 5.08. The average Bonchev–Trinajstić information content (AvgIpc) is 1.81. The Bertz CT molecular complexity index is 72.5. The second kappa shape index (κ2) is 6.08. The first-order chi connectivity index (χ1) is 3.91. The predicted molar refractivity (Wildman–Crippen MR) is 32.8 cm³/mol. The van der Waals surface area contributed by atoms with Crippen LogP contribution in [-0.4, -0.2) is 10.2 Å². The van der Waals surface area contributed by atoms with Gasteiger partial charge in [0.1, 0.15) is 0 Å². The highest BCUT2D eigenvalue weighted by atomic mass is 16.2. The maximum absolute atomic E-state index is 8.10. The van der Waals surface area contributed by atoms with E-state index in [2.05, 4.69) is 0 Å². The van der Waals surface area contributed by atoms with Crippen LogP contribution in [-0.2, 0) is 0 Å². The molecule has 0 rings (SSSR count). The summed E-state index contributed by atoms with van der Waals surface area (Å²) in [5, 5.41) is 16.2. The van der Waals surface area contributed by atoms with Crippen molar-refractivity contribution < 1.29 is 10.2 Å². The minimum atomic E-state index is 0.771. The molecule has 0 amide bonds. The SMILES string of the molecule is OC=CCCC=CO. The van der Waals surface area contributed by atoms with Gasteiger partial charge in [0.2, 0.25) is 0 Å². The van der Waals surface area contributed by atoms with Crippen molar-refractivity contribution in [1.82, 2.24) is 0 Å². The molecule has 0 unspecified atom stereocenters. The Kier molecular flexibility index (Phi) is 5.38. The first-order valence-corrected chi connectivity index (χ1v) is 2.50. The standard InChI is InChI=1S/C6H10O2/c7-5-3-1-2-4-6-8/h3-8H,1-2H2. The van der Waals surface area contributed by atoms with Crippen LogP contribution in [0.1, 0.15) is 12.8 Å². The van der Waals surface area contributed by atoms with Gasteiger partial charge in [-0.1, -0.05) is 0 Å². The number of aliphatic hydroxyl groups excluding tert-OH is 2. The van der Waals surface area contributed by atoms with E-state index < -0.39 is 0 Å². The molecule has 0 aliphatic carbocycles. The van der Waals surface area contributed by atoms with E-state index in [1.807, 2.05) is 0 Å². The fourth-order valence-electron chi connectivity index (χ4n) is 0.342. The first kappa shape index (κ1) is 7.08. The van der Waals surface area contributed by atoms with Crippen molar-refractivity contribution in [2.45, 2.75) is 12.8 Å². The van der Waals surface area contributed by atoms with Crippen LogP contribution in [0, 0.1) is 0 Å². The summed E-state index contributed by atoms with van der Waals surface area (Å²) in [6.07, 6.45) is 6.80. The summed E-state index contributed by atoms with van der Waals surface area (Å²) in [5.41, 5.74) is 0. The van der Waals surface area contributed by atoms with Gasteiger partial charge in [0, 0.05) is 0 Å². The molecular weight excluding hydrogens is 104 g/mol. The number of hydrogen-bond acceptors (Lipinski definition) is 2. The van der Waals surface area contributed by atoms with Crippen LogP contribution >= 0.6 is 0 Å². The highest BCUT2D eigenvalue weighted by Crippen LogP contribution is 1.89. The van der Waals surface area contributed by atoms with Gasteiger partial charge in [-0.3, -0.25) is 0 Å². The van der Waals surface area contributed by atoms with E-state index in [1.54, 1.807) is 12.2 Å². The van der Waals surface area contributed by atoms with Crippen LogP contribution in [0.3, 0.4) is 0 Å². The summed E-state index contributed by atoms with van der Waals surface area (Å²) in [7, 11) is 0.